The number of carbonyl (C=O) groups is 1. The van der Waals surface area contributed by atoms with Crippen LogP contribution in [-0.2, 0) is 9.53 Å². The molecule has 2 unspecified atom stereocenters. The molecule has 5 nitrogen and oxygen atoms in total. The van der Waals surface area contributed by atoms with Gasteiger partial charge in [0.25, 0.3) is 0 Å². The van der Waals surface area contributed by atoms with Crippen LogP contribution in [0.1, 0.15) is 26.7 Å². The van der Waals surface area contributed by atoms with E-state index in [0.717, 1.165) is 13.0 Å². The zero-order valence-electron chi connectivity index (χ0n) is 11.5. The zero-order chi connectivity index (χ0) is 13.3. The Kier molecular flexibility index (Phi) is 9.03. The normalized spacial score (nSPS) is 14.7. The number of nitrogens with zero attached hydrogens (tertiary/aromatic N) is 1. The molecule has 17 heavy (non-hydrogen) atoms. The van der Waals surface area contributed by atoms with E-state index in [-0.39, 0.29) is 18.0 Å². The second kappa shape index (κ2) is 9.39. The first-order valence-electron chi connectivity index (χ1n) is 6.24. The Hall–Kier alpha value is -0.650. The molecule has 5 heteroatoms. The predicted octanol–water partition coefficient (Wildman–Crippen LogP) is 0.197. The second-order valence-electron chi connectivity index (χ2n) is 4.41. The molecule has 2 atom stereocenters. The number of amides is 1. The summed E-state index contributed by atoms with van der Waals surface area (Å²) in [4.78, 5) is 13.7. The minimum Gasteiger partial charge on any atom is -0.383 e. The molecule has 0 aliphatic carbocycles. The Morgan fingerprint density at radius 1 is 1.53 bits per heavy atom. The van der Waals surface area contributed by atoms with Gasteiger partial charge in [0.2, 0.25) is 5.91 Å². The third-order valence-electron chi connectivity index (χ3n) is 2.94. The smallest absolute Gasteiger partial charge is 0.221 e. The fraction of sp³-hybridized carbons (Fsp3) is 0.917. The highest BCUT2D eigenvalue weighted by Crippen LogP contribution is 2.06. The van der Waals surface area contributed by atoms with Crippen LogP contribution >= 0.6 is 0 Å². The van der Waals surface area contributed by atoms with E-state index in [9.17, 15) is 4.79 Å². The average molecular weight is 245 g/mol. The number of likely N-dealkylation sites (N-methyl/N-ethyl adjacent to an activating group) is 1. The lowest BCUT2D eigenvalue weighted by Gasteiger charge is -2.31. The van der Waals surface area contributed by atoms with Gasteiger partial charge in [0.15, 0.2) is 0 Å². The van der Waals surface area contributed by atoms with Crippen molar-refractivity contribution in [3.63, 3.8) is 0 Å². The van der Waals surface area contributed by atoms with Gasteiger partial charge in [-0.3, -0.25) is 9.69 Å². The van der Waals surface area contributed by atoms with E-state index >= 15 is 0 Å². The number of hydrogen-bond acceptors (Lipinski definition) is 4. The first-order valence-corrected chi connectivity index (χ1v) is 6.24. The zero-order valence-corrected chi connectivity index (χ0v) is 11.5. The highest BCUT2D eigenvalue weighted by molar-refractivity contribution is 5.76. The monoisotopic (exact) mass is 245 g/mol. The maximum Gasteiger partial charge on any atom is 0.221 e. The quantitative estimate of drug-likeness (QED) is 0.609. The summed E-state index contributed by atoms with van der Waals surface area (Å²) >= 11 is 0. The van der Waals surface area contributed by atoms with Crippen molar-refractivity contribution in [3.8, 4) is 0 Å². The van der Waals surface area contributed by atoms with E-state index in [1.54, 1.807) is 7.11 Å². The molecule has 3 N–H and O–H groups in total. The van der Waals surface area contributed by atoms with Crippen molar-refractivity contribution < 1.29 is 9.53 Å². The summed E-state index contributed by atoms with van der Waals surface area (Å²) < 4.78 is 5.11. The van der Waals surface area contributed by atoms with Crippen molar-refractivity contribution in [3.05, 3.63) is 0 Å². The van der Waals surface area contributed by atoms with E-state index in [1.165, 1.54) is 0 Å². The highest BCUT2D eigenvalue weighted by atomic mass is 16.5. The standard InChI is InChI=1S/C12H27N3O2/c1-5-6-14-12(16)7-11(8-13)15(3)10(2)9-17-4/h10-11H,5-9,13H2,1-4H3,(H,14,16). The van der Waals surface area contributed by atoms with Crippen LogP contribution in [0.2, 0.25) is 0 Å². The van der Waals surface area contributed by atoms with Crippen molar-refractivity contribution in [1.82, 2.24) is 10.2 Å². The average Bonchev–Trinajstić information content (AvgIpc) is 2.32. The summed E-state index contributed by atoms with van der Waals surface area (Å²) in [6.07, 6.45) is 1.40. The highest BCUT2D eigenvalue weighted by Gasteiger charge is 2.21. The van der Waals surface area contributed by atoms with Gasteiger partial charge in [-0.05, 0) is 20.4 Å². The molecule has 0 aromatic carbocycles. The van der Waals surface area contributed by atoms with E-state index in [0.29, 0.717) is 19.6 Å². The molecular formula is C12H27N3O2. The molecule has 0 radical (unpaired) electrons. The number of hydrogen-bond donors (Lipinski definition) is 2. The van der Waals surface area contributed by atoms with Gasteiger partial charge >= 0.3 is 0 Å². The molecule has 0 saturated heterocycles. The van der Waals surface area contributed by atoms with Gasteiger partial charge in [-0.2, -0.15) is 0 Å². The van der Waals surface area contributed by atoms with Crippen LogP contribution in [0.4, 0.5) is 0 Å². The molecule has 0 aromatic rings. The van der Waals surface area contributed by atoms with Crippen LogP contribution in [0.15, 0.2) is 0 Å². The minimum atomic E-state index is 0.0667. The maximum absolute atomic E-state index is 11.6. The number of nitrogens with one attached hydrogen (secondary N) is 1. The number of carbonyl (C=O) groups excluding carboxylic acids is 1. The summed E-state index contributed by atoms with van der Waals surface area (Å²) in [6, 6.07) is 0.324. The first kappa shape index (κ1) is 16.4. The van der Waals surface area contributed by atoms with Crippen LogP contribution in [-0.4, -0.2) is 56.7 Å². The van der Waals surface area contributed by atoms with Crippen LogP contribution in [0.25, 0.3) is 0 Å². The first-order chi connectivity index (χ1) is 8.06. The Labute approximate surface area is 105 Å². The van der Waals surface area contributed by atoms with E-state index in [4.69, 9.17) is 10.5 Å². The second-order valence-corrected chi connectivity index (χ2v) is 4.41. The lowest BCUT2D eigenvalue weighted by molar-refractivity contribution is -0.122. The summed E-state index contributed by atoms with van der Waals surface area (Å²) in [5.41, 5.74) is 5.72. The Morgan fingerprint density at radius 3 is 2.65 bits per heavy atom. The van der Waals surface area contributed by atoms with Crippen molar-refractivity contribution in [2.24, 2.45) is 5.73 Å². The van der Waals surface area contributed by atoms with Gasteiger partial charge in [0.1, 0.15) is 0 Å². The van der Waals surface area contributed by atoms with Crippen LogP contribution in [0.5, 0.6) is 0 Å². The molecule has 0 saturated carbocycles. The molecule has 0 aromatic heterocycles. The number of methoxy groups -OCH3 is 1. The van der Waals surface area contributed by atoms with Crippen molar-refractivity contribution in [2.75, 3.05) is 33.9 Å². The minimum absolute atomic E-state index is 0.0667. The molecule has 1 amide bonds. The van der Waals surface area contributed by atoms with Crippen LogP contribution in [0, 0.1) is 0 Å². The molecule has 0 aliphatic heterocycles. The fourth-order valence-electron chi connectivity index (χ4n) is 1.66. The van der Waals surface area contributed by atoms with Gasteiger partial charge < -0.3 is 15.8 Å². The van der Waals surface area contributed by atoms with E-state index in [2.05, 4.69) is 17.1 Å². The summed E-state index contributed by atoms with van der Waals surface area (Å²) in [5.74, 6) is 0.0683. The SMILES string of the molecule is CCCNC(=O)CC(CN)N(C)C(C)COC. The molecule has 0 rings (SSSR count). The molecular weight excluding hydrogens is 218 g/mol. The molecule has 0 heterocycles. The Bertz CT molecular complexity index is 212. The van der Waals surface area contributed by atoms with Gasteiger partial charge in [-0.15, -0.1) is 0 Å². The van der Waals surface area contributed by atoms with E-state index < -0.39 is 0 Å². The molecule has 0 fully saturated rings. The lowest BCUT2D eigenvalue weighted by atomic mass is 10.1. The summed E-state index contributed by atoms with van der Waals surface area (Å²) in [5, 5.41) is 2.87. The lowest BCUT2D eigenvalue weighted by Crippen LogP contribution is -2.47. The molecule has 0 bridgehead atoms. The van der Waals surface area contributed by atoms with Gasteiger partial charge in [-0.1, -0.05) is 6.92 Å². The Balaban J connectivity index is 4.16. The summed E-state index contributed by atoms with van der Waals surface area (Å²) in [6.45, 7) is 5.95. The number of nitrogens with two attached hydrogens (primary N) is 1. The number of ether oxygens (including phenoxy) is 1. The number of rotatable bonds is 9. The third-order valence-corrected chi connectivity index (χ3v) is 2.94. The molecule has 0 spiro atoms. The van der Waals surface area contributed by atoms with E-state index in [1.807, 2.05) is 14.0 Å². The fourth-order valence-corrected chi connectivity index (χ4v) is 1.66. The van der Waals surface area contributed by atoms with Gasteiger partial charge in [0.05, 0.1) is 6.61 Å². The predicted molar refractivity (Wildman–Crippen MR) is 69.9 cm³/mol. The van der Waals surface area contributed by atoms with Gasteiger partial charge in [-0.25, -0.2) is 0 Å². The molecule has 102 valence electrons. The van der Waals surface area contributed by atoms with Crippen molar-refractivity contribution in [1.29, 1.82) is 0 Å². The largest absolute Gasteiger partial charge is 0.383 e. The Morgan fingerprint density at radius 2 is 2.18 bits per heavy atom. The van der Waals surface area contributed by atoms with Crippen LogP contribution < -0.4 is 11.1 Å². The maximum atomic E-state index is 11.6. The molecule has 0 aliphatic rings. The van der Waals surface area contributed by atoms with Crippen molar-refractivity contribution in [2.45, 2.75) is 38.8 Å². The van der Waals surface area contributed by atoms with Crippen LogP contribution in [0.3, 0.4) is 0 Å². The van der Waals surface area contributed by atoms with Crippen molar-refractivity contribution >= 4 is 5.91 Å². The summed E-state index contributed by atoms with van der Waals surface area (Å²) in [7, 11) is 3.66. The third kappa shape index (κ3) is 6.61. The van der Waals surface area contributed by atoms with Gasteiger partial charge in [0, 0.05) is 38.7 Å². The topological polar surface area (TPSA) is 67.6 Å².